The van der Waals surface area contributed by atoms with Crippen molar-refractivity contribution in [1.29, 1.82) is 0 Å². The van der Waals surface area contributed by atoms with Crippen LogP contribution in [0.15, 0.2) is 66.7 Å². The SMILES string of the molecule is COc1ccc(N(CC(=O)Nc2c(C)cc(C)cc2Cl)Cc2ccccc2)cc1. The lowest BCUT2D eigenvalue weighted by Crippen LogP contribution is -2.33. The van der Waals surface area contributed by atoms with E-state index >= 15 is 0 Å². The molecule has 0 aliphatic heterocycles. The Bertz CT molecular complexity index is 949. The molecule has 0 aliphatic carbocycles. The van der Waals surface area contributed by atoms with Crippen molar-refractivity contribution in [3.63, 3.8) is 0 Å². The summed E-state index contributed by atoms with van der Waals surface area (Å²) in [4.78, 5) is 14.9. The van der Waals surface area contributed by atoms with Crippen LogP contribution < -0.4 is 15.0 Å². The fraction of sp³-hybridized carbons (Fsp3) is 0.208. The van der Waals surface area contributed by atoms with Gasteiger partial charge in [-0.3, -0.25) is 4.79 Å². The number of carbonyl (C=O) groups is 1. The van der Waals surface area contributed by atoms with Gasteiger partial charge in [0.05, 0.1) is 24.4 Å². The zero-order valence-electron chi connectivity index (χ0n) is 16.9. The molecule has 0 unspecified atom stereocenters. The fourth-order valence-corrected chi connectivity index (χ4v) is 3.63. The average Bonchev–Trinajstić information content (AvgIpc) is 2.71. The van der Waals surface area contributed by atoms with Gasteiger partial charge in [-0.25, -0.2) is 0 Å². The molecular weight excluding hydrogens is 384 g/mol. The molecule has 0 bridgehead atoms. The molecule has 0 radical (unpaired) electrons. The van der Waals surface area contributed by atoms with Gasteiger partial charge in [-0.1, -0.05) is 48.0 Å². The molecule has 0 saturated carbocycles. The Labute approximate surface area is 177 Å². The van der Waals surface area contributed by atoms with Crippen LogP contribution in [-0.2, 0) is 11.3 Å². The van der Waals surface area contributed by atoms with Crippen molar-refractivity contribution in [2.24, 2.45) is 0 Å². The van der Waals surface area contributed by atoms with Crippen molar-refractivity contribution in [3.8, 4) is 5.75 Å². The number of halogens is 1. The number of nitrogens with one attached hydrogen (secondary N) is 1. The second-order valence-corrected chi connectivity index (χ2v) is 7.43. The first-order valence-corrected chi connectivity index (χ1v) is 9.83. The summed E-state index contributed by atoms with van der Waals surface area (Å²) in [6.45, 7) is 4.74. The summed E-state index contributed by atoms with van der Waals surface area (Å²) < 4.78 is 5.25. The highest BCUT2D eigenvalue weighted by molar-refractivity contribution is 6.34. The van der Waals surface area contributed by atoms with Crippen molar-refractivity contribution in [3.05, 3.63) is 88.4 Å². The van der Waals surface area contributed by atoms with Crippen LogP contribution in [0.5, 0.6) is 5.75 Å². The lowest BCUT2D eigenvalue weighted by Gasteiger charge is -2.25. The maximum Gasteiger partial charge on any atom is 0.243 e. The smallest absolute Gasteiger partial charge is 0.243 e. The number of rotatable bonds is 7. The van der Waals surface area contributed by atoms with Crippen molar-refractivity contribution in [2.45, 2.75) is 20.4 Å². The molecule has 0 aromatic heterocycles. The van der Waals surface area contributed by atoms with E-state index in [1.165, 1.54) is 0 Å². The normalized spacial score (nSPS) is 10.5. The predicted octanol–water partition coefficient (Wildman–Crippen LogP) is 5.61. The Hall–Kier alpha value is -2.98. The molecule has 3 aromatic rings. The third-order valence-corrected chi connectivity index (χ3v) is 4.98. The average molecular weight is 409 g/mol. The Morgan fingerprint density at radius 1 is 1.03 bits per heavy atom. The van der Waals surface area contributed by atoms with Gasteiger partial charge in [-0.15, -0.1) is 0 Å². The van der Waals surface area contributed by atoms with Crippen molar-refractivity contribution in [1.82, 2.24) is 0 Å². The molecule has 4 nitrogen and oxygen atoms in total. The second kappa shape index (κ2) is 9.48. The van der Waals surface area contributed by atoms with E-state index in [2.05, 4.69) is 17.4 Å². The number of hydrogen-bond donors (Lipinski definition) is 1. The first-order chi connectivity index (χ1) is 14.0. The zero-order chi connectivity index (χ0) is 20.8. The highest BCUT2D eigenvalue weighted by Gasteiger charge is 2.15. The van der Waals surface area contributed by atoms with Crippen LogP contribution in [0.1, 0.15) is 16.7 Å². The molecule has 0 saturated heterocycles. The molecule has 3 rings (SSSR count). The molecule has 1 amide bonds. The third kappa shape index (κ3) is 5.52. The minimum absolute atomic E-state index is 0.120. The van der Waals surface area contributed by atoms with Gasteiger partial charge in [-0.2, -0.15) is 0 Å². The van der Waals surface area contributed by atoms with E-state index in [1.54, 1.807) is 7.11 Å². The van der Waals surface area contributed by atoms with Crippen LogP contribution in [0.2, 0.25) is 5.02 Å². The topological polar surface area (TPSA) is 41.6 Å². The summed E-state index contributed by atoms with van der Waals surface area (Å²) in [7, 11) is 1.64. The van der Waals surface area contributed by atoms with Gasteiger partial charge in [0, 0.05) is 12.2 Å². The summed E-state index contributed by atoms with van der Waals surface area (Å²) in [5.41, 5.74) is 4.74. The molecule has 1 N–H and O–H groups in total. The van der Waals surface area contributed by atoms with E-state index in [1.807, 2.05) is 73.3 Å². The monoisotopic (exact) mass is 408 g/mol. The summed E-state index contributed by atoms with van der Waals surface area (Å²) in [5.74, 6) is 0.658. The molecule has 0 spiro atoms. The van der Waals surface area contributed by atoms with Crippen LogP contribution in [0.3, 0.4) is 0 Å². The number of hydrogen-bond acceptors (Lipinski definition) is 3. The molecular formula is C24H25ClN2O2. The fourth-order valence-electron chi connectivity index (χ4n) is 3.26. The lowest BCUT2D eigenvalue weighted by atomic mass is 10.1. The molecule has 150 valence electrons. The van der Waals surface area contributed by atoms with Crippen molar-refractivity contribution < 1.29 is 9.53 Å². The molecule has 0 fully saturated rings. The number of aryl methyl sites for hydroxylation is 2. The van der Waals surface area contributed by atoms with Gasteiger partial charge in [-0.05, 0) is 60.9 Å². The first-order valence-electron chi connectivity index (χ1n) is 9.46. The van der Waals surface area contributed by atoms with Crippen molar-refractivity contribution in [2.75, 3.05) is 23.9 Å². The van der Waals surface area contributed by atoms with Gasteiger partial charge in [0.1, 0.15) is 5.75 Å². The van der Waals surface area contributed by atoms with E-state index in [9.17, 15) is 4.79 Å². The van der Waals surface area contributed by atoms with E-state index in [-0.39, 0.29) is 12.5 Å². The number of benzene rings is 3. The number of amides is 1. The largest absolute Gasteiger partial charge is 0.497 e. The molecule has 0 aliphatic rings. The minimum Gasteiger partial charge on any atom is -0.497 e. The van der Waals surface area contributed by atoms with Gasteiger partial charge in [0.2, 0.25) is 5.91 Å². The van der Waals surface area contributed by atoms with E-state index in [0.717, 1.165) is 28.1 Å². The standard InChI is InChI=1S/C24H25ClN2O2/c1-17-13-18(2)24(22(25)14-17)26-23(28)16-27(15-19-7-5-4-6-8-19)20-9-11-21(29-3)12-10-20/h4-14H,15-16H2,1-3H3,(H,26,28). The van der Waals surface area contributed by atoms with Crippen LogP contribution in [0, 0.1) is 13.8 Å². The number of nitrogens with zero attached hydrogens (tertiary/aromatic N) is 1. The predicted molar refractivity (Wildman–Crippen MR) is 120 cm³/mol. The third-order valence-electron chi connectivity index (χ3n) is 4.68. The lowest BCUT2D eigenvalue weighted by molar-refractivity contribution is -0.115. The van der Waals surface area contributed by atoms with E-state index < -0.39 is 0 Å². The Morgan fingerprint density at radius 3 is 2.34 bits per heavy atom. The van der Waals surface area contributed by atoms with Crippen LogP contribution in [0.25, 0.3) is 0 Å². The van der Waals surface area contributed by atoms with Gasteiger partial charge >= 0.3 is 0 Å². The summed E-state index contributed by atoms with van der Waals surface area (Å²) in [6.07, 6.45) is 0. The van der Waals surface area contributed by atoms with Crippen LogP contribution >= 0.6 is 11.6 Å². The highest BCUT2D eigenvalue weighted by Crippen LogP contribution is 2.28. The van der Waals surface area contributed by atoms with Gasteiger partial charge in [0.25, 0.3) is 0 Å². The molecule has 29 heavy (non-hydrogen) atoms. The van der Waals surface area contributed by atoms with E-state index in [4.69, 9.17) is 16.3 Å². The molecule has 0 heterocycles. The second-order valence-electron chi connectivity index (χ2n) is 7.03. The Balaban J connectivity index is 1.81. The summed E-state index contributed by atoms with van der Waals surface area (Å²) in [6, 6.07) is 21.6. The molecule has 0 atom stereocenters. The summed E-state index contributed by atoms with van der Waals surface area (Å²) in [5, 5.41) is 3.53. The molecule has 3 aromatic carbocycles. The van der Waals surface area contributed by atoms with Crippen LogP contribution in [0.4, 0.5) is 11.4 Å². The Morgan fingerprint density at radius 2 is 1.72 bits per heavy atom. The van der Waals surface area contributed by atoms with E-state index in [0.29, 0.717) is 17.3 Å². The first kappa shape index (κ1) is 20.7. The summed E-state index contributed by atoms with van der Waals surface area (Å²) >= 11 is 6.35. The van der Waals surface area contributed by atoms with Gasteiger partial charge < -0.3 is 15.0 Å². The number of carbonyl (C=O) groups excluding carboxylic acids is 1. The van der Waals surface area contributed by atoms with Gasteiger partial charge in [0.15, 0.2) is 0 Å². The number of anilines is 2. The maximum atomic E-state index is 12.9. The molecule has 5 heteroatoms. The zero-order valence-corrected chi connectivity index (χ0v) is 17.7. The highest BCUT2D eigenvalue weighted by atomic mass is 35.5. The Kier molecular flexibility index (Phi) is 6.78. The van der Waals surface area contributed by atoms with Crippen molar-refractivity contribution >= 4 is 28.9 Å². The quantitative estimate of drug-likeness (QED) is 0.552. The number of ether oxygens (including phenoxy) is 1. The number of methoxy groups -OCH3 is 1. The van der Waals surface area contributed by atoms with Crippen LogP contribution in [-0.4, -0.2) is 19.6 Å². The minimum atomic E-state index is -0.120. The maximum absolute atomic E-state index is 12.9.